The molecule has 4 rings (SSSR count). The fourth-order valence-corrected chi connectivity index (χ4v) is 5.40. The first-order valence-corrected chi connectivity index (χ1v) is 8.82. The summed E-state index contributed by atoms with van der Waals surface area (Å²) in [6, 6.07) is 26.2. The molecule has 1 fully saturated rings. The minimum Gasteiger partial charge on any atom is -0.0622 e. The van der Waals surface area contributed by atoms with Crippen molar-refractivity contribution in [3.8, 4) is 0 Å². The zero-order chi connectivity index (χ0) is 14.8. The van der Waals surface area contributed by atoms with Gasteiger partial charge in [-0.15, -0.1) is 0 Å². The molecule has 0 unspecified atom stereocenters. The van der Waals surface area contributed by atoms with Crippen LogP contribution in [0, 0.1) is 31.3 Å². The summed E-state index contributed by atoms with van der Waals surface area (Å²) >= 11 is 0. The summed E-state index contributed by atoms with van der Waals surface area (Å²) in [7, 11) is -0.509. The molecular formula is C21H16P. The molecule has 0 spiro atoms. The monoisotopic (exact) mass is 299 g/mol. The summed E-state index contributed by atoms with van der Waals surface area (Å²) in [5.74, 6) is 0. The van der Waals surface area contributed by atoms with Crippen LogP contribution in [0.25, 0.3) is 10.8 Å². The second-order valence-electron chi connectivity index (χ2n) is 5.31. The van der Waals surface area contributed by atoms with E-state index in [4.69, 9.17) is 0 Å². The Morgan fingerprint density at radius 1 is 0.591 bits per heavy atom. The molecule has 1 aliphatic rings. The average Bonchev–Trinajstić information content (AvgIpc) is 3.11. The van der Waals surface area contributed by atoms with Gasteiger partial charge in [0.25, 0.3) is 0 Å². The molecule has 1 aliphatic carbocycles. The summed E-state index contributed by atoms with van der Waals surface area (Å²) in [5.41, 5.74) is 1.41. The summed E-state index contributed by atoms with van der Waals surface area (Å²) in [5, 5.41) is 5.52. The number of rotatable bonds is 3. The van der Waals surface area contributed by atoms with Crippen molar-refractivity contribution < 1.29 is 0 Å². The van der Waals surface area contributed by atoms with E-state index in [1.54, 1.807) is 0 Å². The zero-order valence-corrected chi connectivity index (χ0v) is 13.1. The highest BCUT2D eigenvalue weighted by Gasteiger charge is 2.29. The van der Waals surface area contributed by atoms with Crippen molar-refractivity contribution >= 4 is 29.3 Å². The molecular weight excluding hydrogens is 283 g/mol. The van der Waals surface area contributed by atoms with E-state index >= 15 is 0 Å². The van der Waals surface area contributed by atoms with E-state index in [2.05, 4.69) is 98.5 Å². The minimum atomic E-state index is -0.509. The van der Waals surface area contributed by atoms with Crippen molar-refractivity contribution in [3.63, 3.8) is 0 Å². The molecule has 105 valence electrons. The van der Waals surface area contributed by atoms with Crippen LogP contribution in [0.5, 0.6) is 0 Å². The lowest BCUT2D eigenvalue weighted by molar-refractivity contribution is 1.52. The van der Waals surface area contributed by atoms with Crippen molar-refractivity contribution in [1.29, 1.82) is 0 Å². The largest absolute Gasteiger partial charge is 0.0622 e. The first-order valence-electron chi connectivity index (χ1n) is 7.48. The van der Waals surface area contributed by atoms with Crippen LogP contribution in [0.15, 0.2) is 72.8 Å². The molecule has 0 saturated heterocycles. The van der Waals surface area contributed by atoms with Crippen molar-refractivity contribution in [2.45, 2.75) is 0 Å². The van der Waals surface area contributed by atoms with Gasteiger partial charge < -0.3 is 0 Å². The summed E-state index contributed by atoms with van der Waals surface area (Å²) in [6.07, 6.45) is 8.78. The Morgan fingerprint density at radius 3 is 2.09 bits per heavy atom. The second kappa shape index (κ2) is 6.23. The molecule has 0 bridgehead atoms. The molecule has 22 heavy (non-hydrogen) atoms. The van der Waals surface area contributed by atoms with Gasteiger partial charge in [0.15, 0.2) is 0 Å². The Kier molecular flexibility index (Phi) is 3.95. The van der Waals surface area contributed by atoms with Gasteiger partial charge in [-0.2, -0.15) is 0 Å². The van der Waals surface area contributed by atoms with E-state index in [1.165, 1.54) is 27.0 Å². The highest BCUT2D eigenvalue weighted by molar-refractivity contribution is 7.76. The Morgan fingerprint density at radius 2 is 1.27 bits per heavy atom. The molecule has 0 heterocycles. The lowest BCUT2D eigenvalue weighted by atomic mass is 10.1. The second-order valence-corrected chi connectivity index (χ2v) is 7.50. The van der Waals surface area contributed by atoms with Gasteiger partial charge in [-0.3, -0.25) is 0 Å². The number of benzene rings is 3. The third-order valence-corrected chi connectivity index (χ3v) is 6.43. The molecule has 0 nitrogen and oxygen atoms in total. The zero-order valence-electron chi connectivity index (χ0n) is 12.2. The van der Waals surface area contributed by atoms with Crippen LogP contribution in [0.2, 0.25) is 0 Å². The molecule has 5 radical (unpaired) electrons. The van der Waals surface area contributed by atoms with E-state index < -0.39 is 7.92 Å². The maximum atomic E-state index is 2.29. The van der Waals surface area contributed by atoms with E-state index in [-0.39, 0.29) is 0 Å². The molecule has 0 aromatic heterocycles. The Hall–Kier alpha value is -1.65. The van der Waals surface area contributed by atoms with Crippen LogP contribution in [-0.2, 0) is 0 Å². The SMILES string of the molecule is [CH]1[CH][CH][C]([P@@](c2ccccc2)c2cccc3ccccc23)[CH]1. The average molecular weight is 299 g/mol. The van der Waals surface area contributed by atoms with Crippen LogP contribution in [0.3, 0.4) is 0 Å². The van der Waals surface area contributed by atoms with Gasteiger partial charge in [-0.1, -0.05) is 72.8 Å². The van der Waals surface area contributed by atoms with E-state index in [0.717, 1.165) is 0 Å². The first-order chi connectivity index (χ1) is 10.9. The van der Waals surface area contributed by atoms with Gasteiger partial charge in [-0.25, -0.2) is 0 Å². The fourth-order valence-electron chi connectivity index (χ4n) is 2.92. The lowest BCUT2D eigenvalue weighted by Gasteiger charge is -2.25. The predicted molar refractivity (Wildman–Crippen MR) is 97.0 cm³/mol. The van der Waals surface area contributed by atoms with Gasteiger partial charge in [0, 0.05) is 5.66 Å². The molecule has 3 aromatic rings. The smallest absolute Gasteiger partial charge is 0.0161 e. The minimum absolute atomic E-state index is 0.509. The number of hydrogen-bond donors (Lipinski definition) is 0. The standard InChI is InChI=1S/C21H16P/c1-2-11-18(12-3-1)22(19-13-5-6-14-19)21-16-8-10-17-9-4-7-15-20(17)21/h1-16H/t22-/m1/s1. The topological polar surface area (TPSA) is 0 Å². The third-order valence-electron chi connectivity index (χ3n) is 3.93. The number of fused-ring (bicyclic) bond motifs is 1. The van der Waals surface area contributed by atoms with E-state index in [1.807, 2.05) is 0 Å². The normalized spacial score (nSPS) is 16.9. The van der Waals surface area contributed by atoms with Gasteiger partial charge in [-0.05, 0) is 55.0 Å². The molecule has 1 atom stereocenters. The molecule has 1 heteroatoms. The van der Waals surface area contributed by atoms with Gasteiger partial charge >= 0.3 is 0 Å². The Balaban J connectivity index is 1.89. The van der Waals surface area contributed by atoms with Gasteiger partial charge in [0.2, 0.25) is 0 Å². The molecule has 3 aromatic carbocycles. The van der Waals surface area contributed by atoms with Crippen LogP contribution < -0.4 is 10.6 Å². The molecule has 1 saturated carbocycles. The Labute approximate surface area is 133 Å². The van der Waals surface area contributed by atoms with Crippen molar-refractivity contribution in [3.05, 3.63) is 104 Å². The highest BCUT2D eigenvalue weighted by Crippen LogP contribution is 2.52. The quantitative estimate of drug-likeness (QED) is 0.618. The summed E-state index contributed by atoms with van der Waals surface area (Å²) < 4.78 is 0. The van der Waals surface area contributed by atoms with Gasteiger partial charge in [0.05, 0.1) is 0 Å². The van der Waals surface area contributed by atoms with Crippen molar-refractivity contribution in [2.24, 2.45) is 0 Å². The van der Waals surface area contributed by atoms with Crippen LogP contribution in [0.1, 0.15) is 0 Å². The van der Waals surface area contributed by atoms with Gasteiger partial charge in [0.1, 0.15) is 0 Å². The first kappa shape index (κ1) is 14.0. The van der Waals surface area contributed by atoms with E-state index in [0.29, 0.717) is 0 Å². The van der Waals surface area contributed by atoms with Crippen molar-refractivity contribution in [1.82, 2.24) is 0 Å². The highest BCUT2D eigenvalue weighted by atomic mass is 31.1. The van der Waals surface area contributed by atoms with Crippen LogP contribution >= 0.6 is 7.92 Å². The maximum Gasteiger partial charge on any atom is 0.0161 e. The molecule has 0 amide bonds. The predicted octanol–water partition coefficient (Wildman–Crippen LogP) is 4.64. The molecule has 0 N–H and O–H groups in total. The van der Waals surface area contributed by atoms with E-state index in [9.17, 15) is 0 Å². The van der Waals surface area contributed by atoms with Crippen molar-refractivity contribution in [2.75, 3.05) is 0 Å². The molecule has 0 aliphatic heterocycles. The Bertz CT molecular complexity index is 752. The summed E-state index contributed by atoms with van der Waals surface area (Å²) in [4.78, 5) is 0. The van der Waals surface area contributed by atoms with Crippen LogP contribution in [-0.4, -0.2) is 0 Å². The third kappa shape index (κ3) is 2.57. The maximum absolute atomic E-state index is 2.29. The summed E-state index contributed by atoms with van der Waals surface area (Å²) in [6.45, 7) is 0. The lowest BCUT2D eigenvalue weighted by Crippen LogP contribution is -2.16. The number of hydrogen-bond acceptors (Lipinski definition) is 0. The fraction of sp³-hybridized carbons (Fsp3) is 0. The van der Waals surface area contributed by atoms with Crippen LogP contribution in [0.4, 0.5) is 0 Å².